The molecule has 6 rings (SSSR count). The number of fused-ring (bicyclic) bond motifs is 2. The van der Waals surface area contributed by atoms with Crippen LogP contribution in [0.2, 0.25) is 0 Å². The Morgan fingerprint density at radius 1 is 0.727 bits per heavy atom. The molecule has 3 aromatic carbocycles. The molecule has 0 unspecified atom stereocenters. The largest absolute Gasteiger partial charge is 0.369 e. The molecule has 3 heterocycles. The maximum atomic E-state index is 4.85. The summed E-state index contributed by atoms with van der Waals surface area (Å²) in [6, 6.07) is 21.2. The molecule has 168 valence electrons. The van der Waals surface area contributed by atoms with E-state index in [-0.39, 0.29) is 12.4 Å². The molecule has 33 heavy (non-hydrogen) atoms. The average Bonchev–Trinajstić information content (AvgIpc) is 3.43. The summed E-state index contributed by atoms with van der Waals surface area (Å²) in [5.74, 6) is 1.77. The number of nitrogens with one attached hydrogen (secondary N) is 2. The van der Waals surface area contributed by atoms with Crippen LogP contribution in [0, 0.1) is 6.92 Å². The number of halogens is 1. The van der Waals surface area contributed by atoms with E-state index in [1.54, 1.807) is 0 Å². The molecule has 0 atom stereocenters. The average molecular weight is 459 g/mol. The summed E-state index contributed by atoms with van der Waals surface area (Å²) in [6.07, 6.45) is 0. The van der Waals surface area contributed by atoms with E-state index in [2.05, 4.69) is 94.4 Å². The molecule has 6 nitrogen and oxygen atoms in total. The van der Waals surface area contributed by atoms with Crippen LogP contribution < -0.4 is 4.90 Å². The van der Waals surface area contributed by atoms with Crippen LogP contribution in [-0.2, 0) is 0 Å². The zero-order chi connectivity index (χ0) is 21.7. The molecule has 0 amide bonds. The van der Waals surface area contributed by atoms with Crippen molar-refractivity contribution >= 4 is 40.2 Å². The lowest BCUT2D eigenvalue weighted by molar-refractivity contribution is 0.313. The molecule has 0 radical (unpaired) electrons. The first kappa shape index (κ1) is 21.5. The standard InChI is InChI=1S/C26H26N6.ClH/c1-17-4-3-5-18(14-17)25-27-21-8-6-19(15-23(21)29-25)26-28-22-9-7-20(16-24(22)30-26)32-12-10-31(2)11-13-32;/h3-9,14-16H,10-13H2,1-2H3,(H,27,29)(H,28,30);1H. The highest BCUT2D eigenvalue weighted by Gasteiger charge is 2.16. The zero-order valence-corrected chi connectivity index (χ0v) is 19.6. The summed E-state index contributed by atoms with van der Waals surface area (Å²) in [5.41, 5.74) is 8.66. The highest BCUT2D eigenvalue weighted by atomic mass is 35.5. The van der Waals surface area contributed by atoms with Gasteiger partial charge in [-0.15, -0.1) is 12.4 Å². The minimum atomic E-state index is 0. The highest BCUT2D eigenvalue weighted by molar-refractivity contribution is 5.87. The Balaban J connectivity index is 0.00000228. The van der Waals surface area contributed by atoms with Crippen molar-refractivity contribution in [3.05, 3.63) is 66.2 Å². The lowest BCUT2D eigenvalue weighted by Crippen LogP contribution is -2.44. The van der Waals surface area contributed by atoms with Crippen molar-refractivity contribution in [2.45, 2.75) is 6.92 Å². The van der Waals surface area contributed by atoms with Crippen LogP contribution in [0.3, 0.4) is 0 Å². The van der Waals surface area contributed by atoms with Crippen molar-refractivity contribution in [3.8, 4) is 22.8 Å². The van der Waals surface area contributed by atoms with Crippen molar-refractivity contribution in [1.29, 1.82) is 0 Å². The second-order valence-electron chi connectivity index (χ2n) is 8.76. The third-order valence-corrected chi connectivity index (χ3v) is 6.38. The maximum Gasteiger partial charge on any atom is 0.138 e. The molecule has 1 saturated heterocycles. The fourth-order valence-electron chi connectivity index (χ4n) is 4.48. The second-order valence-corrected chi connectivity index (χ2v) is 8.76. The van der Waals surface area contributed by atoms with E-state index >= 15 is 0 Å². The van der Waals surface area contributed by atoms with Gasteiger partial charge < -0.3 is 19.8 Å². The van der Waals surface area contributed by atoms with Crippen molar-refractivity contribution in [3.63, 3.8) is 0 Å². The summed E-state index contributed by atoms with van der Waals surface area (Å²) >= 11 is 0. The number of H-pyrrole nitrogens is 2. The number of aromatic nitrogens is 4. The smallest absolute Gasteiger partial charge is 0.138 e. The molecule has 5 aromatic rings. The minimum Gasteiger partial charge on any atom is -0.369 e. The fourth-order valence-corrected chi connectivity index (χ4v) is 4.48. The Labute approximate surface area is 199 Å². The first-order valence-electron chi connectivity index (χ1n) is 11.1. The Morgan fingerprint density at radius 2 is 1.36 bits per heavy atom. The number of imidazole rings is 2. The first-order chi connectivity index (χ1) is 15.6. The number of likely N-dealkylation sites (N-methyl/N-ethyl adjacent to an activating group) is 1. The number of aryl methyl sites for hydroxylation is 1. The molecular weight excluding hydrogens is 432 g/mol. The molecule has 0 aliphatic carbocycles. The van der Waals surface area contributed by atoms with Gasteiger partial charge in [-0.1, -0.05) is 23.8 Å². The molecule has 7 heteroatoms. The summed E-state index contributed by atoms with van der Waals surface area (Å²) in [7, 11) is 2.18. The van der Waals surface area contributed by atoms with Gasteiger partial charge in [0.05, 0.1) is 22.1 Å². The lowest BCUT2D eigenvalue weighted by atomic mass is 10.1. The van der Waals surface area contributed by atoms with Gasteiger partial charge in [0.2, 0.25) is 0 Å². The van der Waals surface area contributed by atoms with Crippen LogP contribution in [0.1, 0.15) is 5.56 Å². The van der Waals surface area contributed by atoms with Gasteiger partial charge in [-0.3, -0.25) is 0 Å². The predicted octanol–water partition coefficient (Wildman–Crippen LogP) is 5.26. The minimum absolute atomic E-state index is 0. The number of hydrogen-bond donors (Lipinski definition) is 2. The van der Waals surface area contributed by atoms with Crippen LogP contribution in [0.25, 0.3) is 44.8 Å². The Kier molecular flexibility index (Phi) is 5.56. The molecular formula is C26H27ClN6. The van der Waals surface area contributed by atoms with Crippen LogP contribution in [0.5, 0.6) is 0 Å². The normalized spacial score (nSPS) is 14.7. The first-order valence-corrected chi connectivity index (χ1v) is 11.1. The summed E-state index contributed by atoms with van der Waals surface area (Å²) < 4.78 is 0. The van der Waals surface area contributed by atoms with E-state index in [1.165, 1.54) is 11.3 Å². The van der Waals surface area contributed by atoms with Crippen LogP contribution in [-0.4, -0.2) is 58.1 Å². The van der Waals surface area contributed by atoms with Crippen molar-refractivity contribution in [2.75, 3.05) is 38.1 Å². The summed E-state index contributed by atoms with van der Waals surface area (Å²) in [5, 5.41) is 0. The lowest BCUT2D eigenvalue weighted by Gasteiger charge is -2.34. The molecule has 0 spiro atoms. The van der Waals surface area contributed by atoms with E-state index < -0.39 is 0 Å². The Bertz CT molecular complexity index is 1430. The van der Waals surface area contributed by atoms with Gasteiger partial charge in [0, 0.05) is 43.0 Å². The van der Waals surface area contributed by atoms with Gasteiger partial charge >= 0.3 is 0 Å². The van der Waals surface area contributed by atoms with E-state index in [0.29, 0.717) is 0 Å². The van der Waals surface area contributed by atoms with Gasteiger partial charge in [-0.05, 0) is 56.4 Å². The Hall–Kier alpha value is -3.35. The molecule has 1 aliphatic rings. The van der Waals surface area contributed by atoms with Crippen LogP contribution >= 0.6 is 12.4 Å². The molecule has 1 fully saturated rings. The van der Waals surface area contributed by atoms with Gasteiger partial charge in [-0.25, -0.2) is 9.97 Å². The zero-order valence-electron chi connectivity index (χ0n) is 18.8. The van der Waals surface area contributed by atoms with Gasteiger partial charge in [0.25, 0.3) is 0 Å². The molecule has 1 aliphatic heterocycles. The third kappa shape index (κ3) is 4.08. The van der Waals surface area contributed by atoms with Crippen molar-refractivity contribution < 1.29 is 0 Å². The number of anilines is 1. The van der Waals surface area contributed by atoms with Crippen LogP contribution in [0.4, 0.5) is 5.69 Å². The topological polar surface area (TPSA) is 63.8 Å². The highest BCUT2D eigenvalue weighted by Crippen LogP contribution is 2.28. The number of rotatable bonds is 3. The SMILES string of the molecule is Cc1cccc(-c2nc3ccc(-c4nc5ccc(N6CCN(C)CC6)cc5[nH]4)cc3[nH]2)c1.Cl. The van der Waals surface area contributed by atoms with E-state index in [0.717, 1.165) is 71.0 Å². The number of aromatic amines is 2. The van der Waals surface area contributed by atoms with Gasteiger partial charge in [0.15, 0.2) is 0 Å². The Morgan fingerprint density at radius 3 is 2.06 bits per heavy atom. The van der Waals surface area contributed by atoms with Crippen LogP contribution in [0.15, 0.2) is 60.7 Å². The fraction of sp³-hybridized carbons (Fsp3) is 0.231. The quantitative estimate of drug-likeness (QED) is 0.387. The van der Waals surface area contributed by atoms with Gasteiger partial charge in [-0.2, -0.15) is 0 Å². The third-order valence-electron chi connectivity index (χ3n) is 6.38. The van der Waals surface area contributed by atoms with Crippen molar-refractivity contribution in [1.82, 2.24) is 24.8 Å². The predicted molar refractivity (Wildman–Crippen MR) is 138 cm³/mol. The number of nitrogens with zero attached hydrogens (tertiary/aromatic N) is 4. The number of benzene rings is 3. The summed E-state index contributed by atoms with van der Waals surface area (Å²) in [4.78, 5) is 21.4. The van der Waals surface area contributed by atoms with Crippen molar-refractivity contribution in [2.24, 2.45) is 0 Å². The van der Waals surface area contributed by atoms with E-state index in [9.17, 15) is 0 Å². The van der Waals surface area contributed by atoms with E-state index in [1.807, 2.05) is 0 Å². The maximum absolute atomic E-state index is 4.85. The summed E-state index contributed by atoms with van der Waals surface area (Å²) in [6.45, 7) is 6.41. The molecule has 0 bridgehead atoms. The second kappa shape index (κ2) is 8.54. The van der Waals surface area contributed by atoms with E-state index in [4.69, 9.17) is 9.97 Å². The monoisotopic (exact) mass is 458 g/mol. The van der Waals surface area contributed by atoms with Gasteiger partial charge in [0.1, 0.15) is 11.6 Å². The molecule has 0 saturated carbocycles. The molecule has 2 N–H and O–H groups in total. The molecule has 2 aromatic heterocycles. The number of hydrogen-bond acceptors (Lipinski definition) is 4. The number of piperazine rings is 1.